The summed E-state index contributed by atoms with van der Waals surface area (Å²) in [5.41, 5.74) is 7.75. The summed E-state index contributed by atoms with van der Waals surface area (Å²) < 4.78 is 0.910. The van der Waals surface area contributed by atoms with Crippen LogP contribution < -0.4 is 11.1 Å². The Kier molecular flexibility index (Phi) is 3.62. The standard InChI is InChI=1S/C13H12BrN3O/c1-8-6-12(16-7-11(8)14)17-13(18)9-2-4-10(15)5-3-9/h2-7H,15H2,1H3,(H,16,17,18). The highest BCUT2D eigenvalue weighted by atomic mass is 79.9. The molecule has 1 aromatic heterocycles. The van der Waals surface area contributed by atoms with Crippen molar-refractivity contribution in [2.45, 2.75) is 6.92 Å². The fraction of sp³-hybridized carbons (Fsp3) is 0.0769. The lowest BCUT2D eigenvalue weighted by Crippen LogP contribution is -2.13. The molecular weight excluding hydrogens is 294 g/mol. The van der Waals surface area contributed by atoms with Gasteiger partial charge in [-0.25, -0.2) is 4.98 Å². The van der Waals surface area contributed by atoms with Gasteiger partial charge in [-0.3, -0.25) is 4.79 Å². The Morgan fingerprint density at radius 1 is 1.33 bits per heavy atom. The molecule has 2 aromatic rings. The lowest BCUT2D eigenvalue weighted by atomic mass is 10.2. The first-order chi connectivity index (χ1) is 8.56. The number of nitrogens with two attached hydrogens (primary N) is 1. The van der Waals surface area contributed by atoms with Crippen LogP contribution in [0, 0.1) is 6.92 Å². The molecule has 0 spiro atoms. The largest absolute Gasteiger partial charge is 0.399 e. The van der Waals surface area contributed by atoms with Crippen molar-refractivity contribution in [1.82, 2.24) is 4.98 Å². The Morgan fingerprint density at radius 2 is 2.00 bits per heavy atom. The van der Waals surface area contributed by atoms with E-state index in [4.69, 9.17) is 5.73 Å². The summed E-state index contributed by atoms with van der Waals surface area (Å²) in [6, 6.07) is 8.54. The van der Waals surface area contributed by atoms with Gasteiger partial charge in [0.25, 0.3) is 5.91 Å². The van der Waals surface area contributed by atoms with Crippen LogP contribution in [0.25, 0.3) is 0 Å². The fourth-order valence-corrected chi connectivity index (χ4v) is 1.65. The number of carbonyl (C=O) groups is 1. The van der Waals surface area contributed by atoms with Crippen molar-refractivity contribution >= 4 is 33.3 Å². The molecular formula is C13H12BrN3O. The van der Waals surface area contributed by atoms with Gasteiger partial charge in [0.15, 0.2) is 0 Å². The molecule has 0 atom stereocenters. The highest BCUT2D eigenvalue weighted by Gasteiger charge is 2.07. The molecule has 92 valence electrons. The van der Waals surface area contributed by atoms with Crippen molar-refractivity contribution in [2.75, 3.05) is 11.1 Å². The number of hydrogen-bond donors (Lipinski definition) is 2. The van der Waals surface area contributed by atoms with Gasteiger partial charge in [-0.1, -0.05) is 0 Å². The Balaban J connectivity index is 2.16. The molecule has 3 N–H and O–H groups in total. The van der Waals surface area contributed by atoms with Crippen molar-refractivity contribution in [3.05, 3.63) is 52.1 Å². The highest BCUT2D eigenvalue weighted by molar-refractivity contribution is 9.10. The van der Waals surface area contributed by atoms with Gasteiger partial charge in [-0.15, -0.1) is 0 Å². The maximum absolute atomic E-state index is 11.9. The third kappa shape index (κ3) is 2.87. The van der Waals surface area contributed by atoms with E-state index in [2.05, 4.69) is 26.2 Å². The van der Waals surface area contributed by atoms with Crippen LogP contribution in [-0.4, -0.2) is 10.9 Å². The second-order valence-corrected chi connectivity index (χ2v) is 4.75. The van der Waals surface area contributed by atoms with Crippen molar-refractivity contribution in [3.8, 4) is 0 Å². The maximum Gasteiger partial charge on any atom is 0.256 e. The fourth-order valence-electron chi connectivity index (χ4n) is 1.43. The minimum Gasteiger partial charge on any atom is -0.399 e. The summed E-state index contributed by atoms with van der Waals surface area (Å²) in [6.45, 7) is 1.94. The van der Waals surface area contributed by atoms with Gasteiger partial charge < -0.3 is 11.1 Å². The van der Waals surface area contributed by atoms with Crippen molar-refractivity contribution in [1.29, 1.82) is 0 Å². The third-order valence-corrected chi connectivity index (χ3v) is 3.29. The second kappa shape index (κ2) is 5.18. The zero-order valence-electron chi connectivity index (χ0n) is 9.77. The van der Waals surface area contributed by atoms with Gasteiger partial charge in [0.1, 0.15) is 5.82 Å². The first-order valence-electron chi connectivity index (χ1n) is 5.35. The van der Waals surface area contributed by atoms with Gasteiger partial charge >= 0.3 is 0 Å². The van der Waals surface area contributed by atoms with Crippen LogP contribution in [0.1, 0.15) is 15.9 Å². The monoisotopic (exact) mass is 305 g/mol. The molecule has 2 rings (SSSR count). The number of carbonyl (C=O) groups excluding carboxylic acids is 1. The van der Waals surface area contributed by atoms with Crippen molar-refractivity contribution in [2.24, 2.45) is 0 Å². The lowest BCUT2D eigenvalue weighted by molar-refractivity contribution is 0.102. The number of aromatic nitrogens is 1. The minimum atomic E-state index is -0.204. The van der Waals surface area contributed by atoms with Gasteiger partial charge in [-0.05, 0) is 58.7 Å². The smallest absolute Gasteiger partial charge is 0.256 e. The Labute approximate surface area is 113 Å². The number of benzene rings is 1. The first-order valence-corrected chi connectivity index (χ1v) is 6.14. The number of pyridine rings is 1. The summed E-state index contributed by atoms with van der Waals surface area (Å²) >= 11 is 3.36. The minimum absolute atomic E-state index is 0.204. The molecule has 18 heavy (non-hydrogen) atoms. The number of hydrogen-bond acceptors (Lipinski definition) is 3. The average Bonchev–Trinajstić information content (AvgIpc) is 2.34. The maximum atomic E-state index is 11.9. The molecule has 0 aliphatic carbocycles. The van der Waals surface area contributed by atoms with Crippen molar-refractivity contribution in [3.63, 3.8) is 0 Å². The zero-order valence-corrected chi connectivity index (χ0v) is 11.4. The molecule has 0 aliphatic rings. The summed E-state index contributed by atoms with van der Waals surface area (Å²) in [4.78, 5) is 16.0. The molecule has 0 fully saturated rings. The van der Waals surface area contributed by atoms with Crippen LogP contribution in [0.2, 0.25) is 0 Å². The van der Waals surface area contributed by atoms with E-state index in [0.717, 1.165) is 10.0 Å². The predicted octanol–water partition coefficient (Wildman–Crippen LogP) is 2.99. The van der Waals surface area contributed by atoms with Gasteiger partial charge in [0.2, 0.25) is 0 Å². The number of aryl methyl sites for hydroxylation is 1. The third-order valence-electron chi connectivity index (χ3n) is 2.46. The molecule has 1 amide bonds. The summed E-state index contributed by atoms with van der Waals surface area (Å²) in [6.07, 6.45) is 1.66. The molecule has 0 radical (unpaired) electrons. The normalized spacial score (nSPS) is 10.1. The number of nitrogens with one attached hydrogen (secondary N) is 1. The Hall–Kier alpha value is -1.88. The topological polar surface area (TPSA) is 68.0 Å². The predicted molar refractivity (Wildman–Crippen MR) is 75.5 cm³/mol. The molecule has 4 nitrogen and oxygen atoms in total. The average molecular weight is 306 g/mol. The van der Waals surface area contributed by atoms with Gasteiger partial charge in [0.05, 0.1) is 0 Å². The number of halogens is 1. The Morgan fingerprint density at radius 3 is 2.61 bits per heavy atom. The van der Waals surface area contributed by atoms with Crippen LogP contribution in [0.5, 0.6) is 0 Å². The van der Waals surface area contributed by atoms with E-state index in [9.17, 15) is 4.79 Å². The number of nitrogen functional groups attached to an aromatic ring is 1. The SMILES string of the molecule is Cc1cc(NC(=O)c2ccc(N)cc2)ncc1Br. The molecule has 5 heteroatoms. The quantitative estimate of drug-likeness (QED) is 0.838. The van der Waals surface area contributed by atoms with Crippen LogP contribution in [0.15, 0.2) is 41.0 Å². The zero-order chi connectivity index (χ0) is 13.1. The van der Waals surface area contributed by atoms with E-state index < -0.39 is 0 Å². The second-order valence-electron chi connectivity index (χ2n) is 3.89. The van der Waals surface area contributed by atoms with Crippen molar-refractivity contribution < 1.29 is 4.79 Å². The summed E-state index contributed by atoms with van der Waals surface area (Å²) in [5, 5.41) is 2.73. The van der Waals surface area contributed by atoms with E-state index in [-0.39, 0.29) is 5.91 Å². The van der Waals surface area contributed by atoms with Crippen LogP contribution >= 0.6 is 15.9 Å². The van der Waals surface area contributed by atoms with E-state index in [1.54, 1.807) is 36.5 Å². The molecule has 1 heterocycles. The van der Waals surface area contributed by atoms with E-state index >= 15 is 0 Å². The van der Waals surface area contributed by atoms with Gasteiger partial charge in [-0.2, -0.15) is 0 Å². The highest BCUT2D eigenvalue weighted by Crippen LogP contribution is 2.17. The lowest BCUT2D eigenvalue weighted by Gasteiger charge is -2.06. The molecule has 0 saturated heterocycles. The van der Waals surface area contributed by atoms with E-state index in [0.29, 0.717) is 17.1 Å². The van der Waals surface area contributed by atoms with Gasteiger partial charge in [0, 0.05) is 21.9 Å². The molecule has 0 aliphatic heterocycles. The summed E-state index contributed by atoms with van der Waals surface area (Å²) in [7, 11) is 0. The summed E-state index contributed by atoms with van der Waals surface area (Å²) in [5.74, 6) is 0.321. The first kappa shape index (κ1) is 12.6. The number of amides is 1. The van der Waals surface area contributed by atoms with E-state index in [1.165, 1.54) is 0 Å². The molecule has 0 bridgehead atoms. The van der Waals surface area contributed by atoms with Crippen LogP contribution in [-0.2, 0) is 0 Å². The Bertz CT molecular complexity index is 581. The van der Waals surface area contributed by atoms with Crippen LogP contribution in [0.3, 0.4) is 0 Å². The van der Waals surface area contributed by atoms with Crippen LogP contribution in [0.4, 0.5) is 11.5 Å². The number of nitrogens with zero attached hydrogens (tertiary/aromatic N) is 1. The number of anilines is 2. The number of rotatable bonds is 2. The van der Waals surface area contributed by atoms with E-state index in [1.807, 2.05) is 6.92 Å². The molecule has 0 unspecified atom stereocenters. The molecule has 1 aromatic carbocycles. The molecule has 0 saturated carbocycles.